The Morgan fingerprint density at radius 3 is 2.00 bits per heavy atom. The topological polar surface area (TPSA) is 172 Å². The van der Waals surface area contributed by atoms with E-state index >= 15 is 0 Å². The zero-order chi connectivity index (χ0) is 27.3. The number of nitrogen functional groups attached to an aromatic ring is 1. The monoisotopic (exact) mass is 533 g/mol. The lowest BCUT2D eigenvalue weighted by Gasteiger charge is -2.17. The molecule has 0 amide bonds. The van der Waals surface area contributed by atoms with E-state index in [1.165, 1.54) is 56.5 Å². The van der Waals surface area contributed by atoms with E-state index in [-0.39, 0.29) is 18.8 Å². The molecule has 0 bridgehead atoms. The highest BCUT2D eigenvalue weighted by Crippen LogP contribution is 2.38. The highest BCUT2D eigenvalue weighted by molar-refractivity contribution is 7.46. The van der Waals surface area contributed by atoms with E-state index in [0.29, 0.717) is 11.2 Å². The number of hydrogen-bond acceptors (Lipinski definition) is 10. The van der Waals surface area contributed by atoms with Gasteiger partial charge in [-0.15, -0.1) is 0 Å². The minimum absolute atomic E-state index is 0.158. The van der Waals surface area contributed by atoms with Crippen molar-refractivity contribution < 1.29 is 28.7 Å². The molecule has 5 N–H and O–H groups in total. The van der Waals surface area contributed by atoms with Crippen LogP contribution in [0.1, 0.15) is 54.2 Å². The van der Waals surface area contributed by atoms with Crippen LogP contribution in [0, 0.1) is 0 Å². The van der Waals surface area contributed by atoms with Gasteiger partial charge in [0.15, 0.2) is 17.7 Å². The van der Waals surface area contributed by atoms with Crippen molar-refractivity contribution in [1.82, 2.24) is 29.3 Å². The molecule has 1 aliphatic heterocycles. The molecule has 36 heavy (non-hydrogen) atoms. The molecule has 3 heterocycles. The maximum Gasteiger partial charge on any atom is 0.469 e. The zero-order valence-corrected chi connectivity index (χ0v) is 23.2. The van der Waals surface area contributed by atoms with E-state index in [1.807, 2.05) is 0 Å². The van der Waals surface area contributed by atoms with Crippen LogP contribution in [-0.4, -0.2) is 102 Å². The number of fused-ring (bicyclic) bond motifs is 1. The van der Waals surface area contributed by atoms with Crippen LogP contribution in [0.25, 0.3) is 11.2 Å². The molecule has 0 unspecified atom stereocenters. The van der Waals surface area contributed by atoms with Crippen LogP contribution in [0.4, 0.5) is 5.82 Å². The van der Waals surface area contributed by atoms with E-state index in [9.17, 15) is 9.67 Å². The molecular weight excluding hydrogens is 489 g/mol. The minimum atomic E-state index is -4.58. The van der Waals surface area contributed by atoms with Gasteiger partial charge in [-0.05, 0) is 39.3 Å². The van der Waals surface area contributed by atoms with Gasteiger partial charge in [-0.1, -0.05) is 41.5 Å². The third-order valence-electron chi connectivity index (χ3n) is 5.94. The summed E-state index contributed by atoms with van der Waals surface area (Å²) in [5, 5.41) is 10.1. The molecule has 3 atom stereocenters. The van der Waals surface area contributed by atoms with Gasteiger partial charge in [0.1, 0.15) is 17.9 Å². The maximum absolute atomic E-state index is 10.7. The Labute approximate surface area is 213 Å². The third kappa shape index (κ3) is 10.3. The molecule has 2 aromatic heterocycles. The number of phosphoric acid groups is 1. The lowest BCUT2D eigenvalue weighted by molar-refractivity contribution is -0.0481. The smallest absolute Gasteiger partial charge is 0.388 e. The second-order valence-corrected chi connectivity index (χ2v) is 9.30. The first kappa shape index (κ1) is 32.3. The summed E-state index contributed by atoms with van der Waals surface area (Å²) in [6, 6.07) is 0. The highest BCUT2D eigenvalue weighted by atomic mass is 31.2. The molecule has 0 aromatic carbocycles. The molecule has 13 nitrogen and oxygen atoms in total. The Morgan fingerprint density at radius 2 is 1.56 bits per heavy atom. The van der Waals surface area contributed by atoms with Crippen molar-refractivity contribution in [1.29, 1.82) is 0 Å². The molecular formula is C22H44N7O6P. The first-order valence-corrected chi connectivity index (χ1v) is 14.0. The summed E-state index contributed by atoms with van der Waals surface area (Å²) in [5.74, 6) is 0.206. The van der Waals surface area contributed by atoms with Gasteiger partial charge >= 0.3 is 7.82 Å². The fourth-order valence-corrected chi connectivity index (χ4v) is 4.03. The lowest BCUT2D eigenvalue weighted by atomic mass is 10.2. The molecule has 2 aromatic rings. The summed E-state index contributed by atoms with van der Waals surface area (Å²) in [6.07, 6.45) is 0.472. The number of aromatic nitrogens is 4. The van der Waals surface area contributed by atoms with Crippen molar-refractivity contribution in [3.05, 3.63) is 12.7 Å². The molecule has 0 radical (unpaired) electrons. The second-order valence-electron chi connectivity index (χ2n) is 8.06. The fraction of sp³-hybridized carbons (Fsp3) is 0.773. The predicted octanol–water partition coefficient (Wildman–Crippen LogP) is 1.86. The van der Waals surface area contributed by atoms with E-state index in [0.717, 1.165) is 0 Å². The fourth-order valence-electron chi connectivity index (χ4n) is 3.67. The molecule has 1 saturated heterocycles. The van der Waals surface area contributed by atoms with Gasteiger partial charge in [-0.25, -0.2) is 19.5 Å². The summed E-state index contributed by atoms with van der Waals surface area (Å²) in [7, 11) is -4.58. The number of ether oxygens (including phenoxy) is 1. The number of phosphoric ester groups is 1. The van der Waals surface area contributed by atoms with Gasteiger partial charge in [0.05, 0.1) is 19.0 Å². The van der Waals surface area contributed by atoms with Crippen LogP contribution >= 0.6 is 7.82 Å². The van der Waals surface area contributed by atoms with Crippen LogP contribution in [0.15, 0.2) is 12.7 Å². The Bertz CT molecular complexity index is 896. The summed E-state index contributed by atoms with van der Waals surface area (Å²) in [4.78, 5) is 34.1. The predicted molar refractivity (Wildman–Crippen MR) is 139 cm³/mol. The van der Waals surface area contributed by atoms with Gasteiger partial charge in [0, 0.05) is 6.42 Å². The van der Waals surface area contributed by atoms with Crippen LogP contribution in [0.3, 0.4) is 0 Å². The number of aliphatic hydroxyl groups excluding tert-OH is 1. The number of hydrogen-bond donors (Lipinski definition) is 4. The Balaban J connectivity index is 0.000000383. The molecule has 208 valence electrons. The third-order valence-corrected chi connectivity index (χ3v) is 6.42. The molecule has 1 aliphatic rings. The largest absolute Gasteiger partial charge is 0.469 e. The van der Waals surface area contributed by atoms with Crippen LogP contribution < -0.4 is 5.73 Å². The summed E-state index contributed by atoms with van der Waals surface area (Å²) < 4.78 is 22.2. The van der Waals surface area contributed by atoms with Crippen LogP contribution in [0.2, 0.25) is 0 Å². The quantitative estimate of drug-likeness (QED) is 0.327. The van der Waals surface area contributed by atoms with E-state index in [2.05, 4.69) is 70.8 Å². The van der Waals surface area contributed by atoms with E-state index in [4.69, 9.17) is 20.3 Å². The Morgan fingerprint density at radius 1 is 1.03 bits per heavy atom. The first-order valence-electron chi connectivity index (χ1n) is 12.5. The number of imidazole rings is 1. The van der Waals surface area contributed by atoms with Crippen LogP contribution in [-0.2, 0) is 13.8 Å². The summed E-state index contributed by atoms with van der Waals surface area (Å²) in [5.41, 5.74) is 6.47. The second kappa shape index (κ2) is 16.2. The number of nitrogens with two attached hydrogens (primary N) is 1. The minimum Gasteiger partial charge on any atom is -0.388 e. The van der Waals surface area contributed by atoms with Crippen molar-refractivity contribution >= 4 is 24.8 Å². The number of aliphatic hydroxyl groups is 1. The average molecular weight is 534 g/mol. The highest BCUT2D eigenvalue weighted by Gasteiger charge is 2.37. The molecule has 0 spiro atoms. The SMILES string of the molecule is CCN(CC)CC.CCN(CC)CC.Nc1ncnc2c1ncn2[C@@H]1O[C@H](COP(=O)(O)O)C[C@H]1O. The molecule has 0 aliphatic carbocycles. The normalized spacial score (nSPS) is 19.8. The first-order chi connectivity index (χ1) is 17.0. The van der Waals surface area contributed by atoms with Crippen molar-refractivity contribution in [3.63, 3.8) is 0 Å². The van der Waals surface area contributed by atoms with Crippen molar-refractivity contribution in [2.75, 3.05) is 51.6 Å². The zero-order valence-electron chi connectivity index (χ0n) is 22.3. The van der Waals surface area contributed by atoms with Gasteiger partial charge < -0.3 is 35.2 Å². The molecule has 0 saturated carbocycles. The van der Waals surface area contributed by atoms with Gasteiger partial charge in [0.2, 0.25) is 0 Å². The number of nitrogens with zero attached hydrogens (tertiary/aromatic N) is 6. The van der Waals surface area contributed by atoms with Crippen molar-refractivity contribution in [3.8, 4) is 0 Å². The Kier molecular flexibility index (Phi) is 14.6. The summed E-state index contributed by atoms with van der Waals surface area (Å²) >= 11 is 0. The Hall–Kier alpha value is -1.70. The lowest BCUT2D eigenvalue weighted by Crippen LogP contribution is -2.21. The standard InChI is InChI=1S/C10H14N5O6P.2C6H15N/c11-8-7-9(13-3-12-8)15(4-14-7)10-6(16)1-5(21-10)2-20-22(17,18)19;2*1-4-7(5-2)6-3/h3-6,10,16H,1-2H2,(H2,11,12,13)(H2,17,18,19);2*4-6H2,1-3H3/t5-,6+,10+;;/m0../s1. The van der Waals surface area contributed by atoms with Crippen LogP contribution in [0.5, 0.6) is 0 Å². The van der Waals surface area contributed by atoms with Crippen molar-refractivity contribution in [2.45, 2.75) is 66.4 Å². The van der Waals surface area contributed by atoms with E-state index in [1.54, 1.807) is 0 Å². The van der Waals surface area contributed by atoms with Crippen molar-refractivity contribution in [2.24, 2.45) is 0 Å². The van der Waals surface area contributed by atoms with E-state index < -0.39 is 26.3 Å². The van der Waals surface area contributed by atoms with Gasteiger partial charge in [0.25, 0.3) is 0 Å². The maximum atomic E-state index is 10.7. The molecule has 1 fully saturated rings. The van der Waals surface area contributed by atoms with Gasteiger partial charge in [-0.3, -0.25) is 9.09 Å². The number of rotatable bonds is 10. The number of anilines is 1. The average Bonchev–Trinajstić information content (AvgIpc) is 3.44. The van der Waals surface area contributed by atoms with Gasteiger partial charge in [-0.2, -0.15) is 0 Å². The molecule has 3 rings (SSSR count). The molecule has 14 heteroatoms. The summed E-state index contributed by atoms with van der Waals surface area (Å²) in [6.45, 7) is 19.9.